The van der Waals surface area contributed by atoms with Crippen LogP contribution in [-0.4, -0.2) is 87.9 Å². The van der Waals surface area contributed by atoms with Gasteiger partial charge in [0.25, 0.3) is 0 Å². The summed E-state index contributed by atoms with van der Waals surface area (Å²) in [6.07, 6.45) is 3.22. The molecule has 5 nitrogen and oxygen atoms in total. The Kier molecular flexibility index (Phi) is 9.72. The topological polar surface area (TPSA) is 45.2 Å². The van der Waals surface area contributed by atoms with Crippen LogP contribution in [0, 0.1) is 0 Å². The first-order valence-electron chi connectivity index (χ1n) is 9.70. The largest absolute Gasteiger partial charge is 0.414 e. The summed E-state index contributed by atoms with van der Waals surface area (Å²) in [5, 5.41) is 11.2. The Morgan fingerprint density at radius 2 is 1.73 bits per heavy atom. The van der Waals surface area contributed by atoms with Gasteiger partial charge in [-0.15, -0.1) is 13.2 Å². The van der Waals surface area contributed by atoms with Crippen LogP contribution in [0.15, 0.2) is 25.3 Å². The van der Waals surface area contributed by atoms with Gasteiger partial charge in [-0.1, -0.05) is 32.9 Å². The second kappa shape index (κ2) is 10.7. The monoisotopic (exact) mass is 384 g/mol. The van der Waals surface area contributed by atoms with E-state index in [-0.39, 0.29) is 11.1 Å². The van der Waals surface area contributed by atoms with E-state index in [9.17, 15) is 5.11 Å². The highest BCUT2D eigenvalue weighted by molar-refractivity contribution is 6.74. The first-order chi connectivity index (χ1) is 12.1. The van der Waals surface area contributed by atoms with Crippen LogP contribution in [0.4, 0.5) is 0 Å². The number of hydrogen-bond donors (Lipinski definition) is 1. The third-order valence-electron chi connectivity index (χ3n) is 5.61. The Morgan fingerprint density at radius 3 is 2.19 bits per heavy atom. The summed E-state index contributed by atoms with van der Waals surface area (Å²) in [6.45, 7) is 24.8. The van der Waals surface area contributed by atoms with E-state index in [2.05, 4.69) is 56.8 Å². The van der Waals surface area contributed by atoms with Gasteiger partial charge in [-0.2, -0.15) is 0 Å². The molecule has 0 aromatic heterocycles. The molecule has 1 saturated heterocycles. The minimum absolute atomic E-state index is 0.0196. The number of ether oxygens (including phenoxy) is 1. The van der Waals surface area contributed by atoms with Crippen molar-refractivity contribution < 1.29 is 14.3 Å². The molecule has 1 fully saturated rings. The molecule has 0 aromatic rings. The molecular formula is C20H40N2O3Si. The average molecular weight is 385 g/mol. The molecule has 1 rings (SSSR count). The van der Waals surface area contributed by atoms with Crippen molar-refractivity contribution in [2.24, 2.45) is 0 Å². The molecule has 0 amide bonds. The number of aliphatic hydroxyl groups is 1. The predicted octanol–water partition coefficient (Wildman–Crippen LogP) is 2.74. The van der Waals surface area contributed by atoms with Crippen LogP contribution >= 0.6 is 0 Å². The number of rotatable bonds is 11. The van der Waals surface area contributed by atoms with E-state index in [1.807, 2.05) is 12.2 Å². The smallest absolute Gasteiger partial charge is 0.192 e. The summed E-state index contributed by atoms with van der Waals surface area (Å²) in [5.74, 6) is 0. The second-order valence-electron chi connectivity index (χ2n) is 8.65. The van der Waals surface area contributed by atoms with Crippen molar-refractivity contribution >= 4 is 8.32 Å². The van der Waals surface area contributed by atoms with E-state index in [0.717, 1.165) is 45.9 Å². The molecule has 2 atom stereocenters. The molecule has 26 heavy (non-hydrogen) atoms. The summed E-state index contributed by atoms with van der Waals surface area (Å²) in [5.41, 5.74) is 0. The molecule has 6 heteroatoms. The number of aliphatic hydroxyl groups excluding tert-OH is 1. The van der Waals surface area contributed by atoms with Crippen molar-refractivity contribution in [2.45, 2.75) is 51.0 Å². The fourth-order valence-electron chi connectivity index (χ4n) is 2.83. The van der Waals surface area contributed by atoms with Crippen LogP contribution in [0.2, 0.25) is 18.1 Å². The lowest BCUT2D eigenvalue weighted by atomic mass is 10.1. The predicted molar refractivity (Wildman–Crippen MR) is 112 cm³/mol. The molecule has 0 radical (unpaired) electrons. The third kappa shape index (κ3) is 7.25. The first-order valence-corrected chi connectivity index (χ1v) is 12.6. The van der Waals surface area contributed by atoms with Gasteiger partial charge in [-0.05, 0) is 18.1 Å². The van der Waals surface area contributed by atoms with E-state index < -0.39 is 14.4 Å². The summed E-state index contributed by atoms with van der Waals surface area (Å²) in [4.78, 5) is 4.60. The summed E-state index contributed by atoms with van der Waals surface area (Å²) in [6, 6.07) is -0.0196. The van der Waals surface area contributed by atoms with Gasteiger partial charge in [0, 0.05) is 32.7 Å². The lowest BCUT2D eigenvalue weighted by Crippen LogP contribution is -2.55. The van der Waals surface area contributed by atoms with Gasteiger partial charge in [0.2, 0.25) is 0 Å². The van der Waals surface area contributed by atoms with Crippen molar-refractivity contribution in [3.63, 3.8) is 0 Å². The van der Waals surface area contributed by atoms with Crippen LogP contribution in [0.25, 0.3) is 0 Å². The van der Waals surface area contributed by atoms with E-state index >= 15 is 0 Å². The van der Waals surface area contributed by atoms with Crippen molar-refractivity contribution in [1.29, 1.82) is 0 Å². The van der Waals surface area contributed by atoms with Crippen molar-refractivity contribution in [3.8, 4) is 0 Å². The Bertz CT molecular complexity index is 421. The molecule has 1 aliphatic heterocycles. The van der Waals surface area contributed by atoms with Crippen molar-refractivity contribution in [1.82, 2.24) is 9.80 Å². The minimum Gasteiger partial charge on any atom is -0.414 e. The molecule has 0 bridgehead atoms. The molecule has 0 saturated carbocycles. The highest BCUT2D eigenvalue weighted by Gasteiger charge is 2.38. The third-order valence-corrected chi connectivity index (χ3v) is 10.1. The summed E-state index contributed by atoms with van der Waals surface area (Å²) < 4.78 is 11.8. The Labute approximate surface area is 161 Å². The van der Waals surface area contributed by atoms with E-state index in [4.69, 9.17) is 9.16 Å². The molecule has 0 unspecified atom stereocenters. The normalized spacial score (nSPS) is 19.3. The lowest BCUT2D eigenvalue weighted by molar-refractivity contribution is -0.0176. The van der Waals surface area contributed by atoms with Gasteiger partial charge in [0.15, 0.2) is 8.32 Å². The number of nitrogens with zero attached hydrogens (tertiary/aromatic N) is 2. The summed E-state index contributed by atoms with van der Waals surface area (Å²) >= 11 is 0. The van der Waals surface area contributed by atoms with E-state index in [1.165, 1.54) is 0 Å². The van der Waals surface area contributed by atoms with Gasteiger partial charge in [-0.25, -0.2) is 0 Å². The molecule has 1 heterocycles. The highest BCUT2D eigenvalue weighted by Crippen LogP contribution is 2.36. The minimum atomic E-state index is -1.89. The van der Waals surface area contributed by atoms with Crippen molar-refractivity contribution in [3.05, 3.63) is 25.3 Å². The number of morpholine rings is 1. The van der Waals surface area contributed by atoms with Crippen LogP contribution in [0.3, 0.4) is 0 Å². The van der Waals surface area contributed by atoms with Gasteiger partial charge < -0.3 is 14.3 Å². The average Bonchev–Trinajstić information content (AvgIpc) is 2.57. The van der Waals surface area contributed by atoms with Gasteiger partial charge >= 0.3 is 0 Å². The zero-order chi connectivity index (χ0) is 19.8. The van der Waals surface area contributed by atoms with Crippen LogP contribution in [-0.2, 0) is 9.16 Å². The van der Waals surface area contributed by atoms with E-state index in [1.54, 1.807) is 0 Å². The SMILES string of the molecule is C=CCN(CC=C)[C@H](CN1CCOCC1)[C@@H](O)CO[Si](C)(C)C(C)(C)C. The molecule has 1 N–H and O–H groups in total. The molecule has 0 aliphatic carbocycles. The highest BCUT2D eigenvalue weighted by atomic mass is 28.4. The molecular weight excluding hydrogens is 344 g/mol. The zero-order valence-corrected chi connectivity index (χ0v) is 18.5. The van der Waals surface area contributed by atoms with Gasteiger partial charge in [0.1, 0.15) is 0 Å². The maximum absolute atomic E-state index is 11.0. The van der Waals surface area contributed by atoms with Crippen LogP contribution < -0.4 is 0 Å². The van der Waals surface area contributed by atoms with Gasteiger partial charge in [-0.3, -0.25) is 9.80 Å². The fraction of sp³-hybridized carbons (Fsp3) is 0.800. The molecule has 0 aromatic carbocycles. The van der Waals surface area contributed by atoms with Crippen LogP contribution in [0.5, 0.6) is 0 Å². The Morgan fingerprint density at radius 1 is 1.19 bits per heavy atom. The van der Waals surface area contributed by atoms with Gasteiger partial charge in [0.05, 0.1) is 32.0 Å². The first kappa shape index (κ1) is 23.5. The summed E-state index contributed by atoms with van der Waals surface area (Å²) in [7, 11) is -1.89. The van der Waals surface area contributed by atoms with E-state index in [0.29, 0.717) is 6.61 Å². The van der Waals surface area contributed by atoms with Crippen LogP contribution in [0.1, 0.15) is 20.8 Å². The molecule has 0 spiro atoms. The standard InChI is InChI=1S/C20H40N2O3Si/c1-8-10-22(11-9-2)18(16-21-12-14-24-15-13-21)19(23)17-25-26(6,7)20(3,4)5/h8-9,18-19,23H,1-2,10-17H2,3-7H3/t18-,19+/m1/s1. The quantitative estimate of drug-likeness (QED) is 0.438. The molecule has 1 aliphatic rings. The fourth-order valence-corrected chi connectivity index (χ4v) is 3.85. The lowest BCUT2D eigenvalue weighted by Gasteiger charge is -2.41. The zero-order valence-electron chi connectivity index (χ0n) is 17.5. The maximum Gasteiger partial charge on any atom is 0.192 e. The van der Waals surface area contributed by atoms with Crippen molar-refractivity contribution in [2.75, 3.05) is 52.5 Å². The maximum atomic E-state index is 11.0. The second-order valence-corrected chi connectivity index (χ2v) is 13.5. The number of hydrogen-bond acceptors (Lipinski definition) is 5. The Balaban J connectivity index is 2.83. The molecule has 152 valence electrons. The Hall–Kier alpha value is -0.503.